The van der Waals surface area contributed by atoms with E-state index >= 15 is 0 Å². The second kappa shape index (κ2) is 7.99. The molecule has 0 radical (unpaired) electrons. The first-order valence-electron chi connectivity index (χ1n) is 7.75. The Morgan fingerprint density at radius 2 is 1.86 bits per heavy atom. The fraction of sp³-hybridized carbons (Fsp3) is 0.412. The molecule has 1 aromatic heterocycles. The minimum atomic E-state index is 0.739. The van der Waals surface area contributed by atoms with Crippen LogP contribution in [0.1, 0.15) is 32.3 Å². The lowest BCUT2D eigenvalue weighted by Gasteiger charge is -2.21. The van der Waals surface area contributed by atoms with E-state index in [1.807, 2.05) is 31.2 Å². The molecular formula is C17H23ClN4. The highest BCUT2D eigenvalue weighted by atomic mass is 35.5. The quantitative estimate of drug-likeness (QED) is 0.795. The van der Waals surface area contributed by atoms with Crippen molar-refractivity contribution in [1.82, 2.24) is 9.97 Å². The molecule has 0 unspecified atom stereocenters. The van der Waals surface area contributed by atoms with Gasteiger partial charge >= 0.3 is 0 Å². The summed E-state index contributed by atoms with van der Waals surface area (Å²) in [5.74, 6) is 1.58. The number of hydrogen-bond acceptors (Lipinski definition) is 4. The Labute approximate surface area is 137 Å². The second-order valence-electron chi connectivity index (χ2n) is 5.31. The van der Waals surface area contributed by atoms with E-state index in [1.54, 1.807) is 6.20 Å². The Kier molecular flexibility index (Phi) is 6.01. The van der Waals surface area contributed by atoms with Gasteiger partial charge in [-0.3, -0.25) is 0 Å². The highest BCUT2D eigenvalue weighted by Gasteiger charge is 2.09. The maximum absolute atomic E-state index is 6.00. The molecule has 1 N–H and O–H groups in total. The molecule has 0 atom stereocenters. The first-order chi connectivity index (χ1) is 10.6. The Hall–Kier alpha value is -1.81. The zero-order valence-corrected chi connectivity index (χ0v) is 14.2. The highest BCUT2D eigenvalue weighted by Crippen LogP contribution is 2.23. The summed E-state index contributed by atoms with van der Waals surface area (Å²) >= 11 is 6.00. The summed E-state index contributed by atoms with van der Waals surface area (Å²) in [4.78, 5) is 11.3. The first-order valence-corrected chi connectivity index (χ1v) is 8.13. The van der Waals surface area contributed by atoms with Gasteiger partial charge in [-0.2, -0.15) is 4.98 Å². The summed E-state index contributed by atoms with van der Waals surface area (Å²) in [6.07, 6.45) is 3.96. The van der Waals surface area contributed by atoms with Crippen molar-refractivity contribution in [3.63, 3.8) is 0 Å². The van der Waals surface area contributed by atoms with Crippen LogP contribution in [0.25, 0.3) is 0 Å². The minimum absolute atomic E-state index is 0.739. The molecule has 0 aliphatic heterocycles. The van der Waals surface area contributed by atoms with Crippen molar-refractivity contribution in [3.05, 3.63) is 41.0 Å². The lowest BCUT2D eigenvalue weighted by molar-refractivity contribution is 0.721. The van der Waals surface area contributed by atoms with Gasteiger partial charge in [-0.1, -0.05) is 25.4 Å². The molecule has 4 nitrogen and oxygen atoms in total. The summed E-state index contributed by atoms with van der Waals surface area (Å²) in [6, 6.07) is 7.66. The van der Waals surface area contributed by atoms with Gasteiger partial charge in [-0.05, 0) is 49.6 Å². The van der Waals surface area contributed by atoms with Gasteiger partial charge in [-0.15, -0.1) is 0 Å². The van der Waals surface area contributed by atoms with E-state index in [9.17, 15) is 0 Å². The third-order valence-electron chi connectivity index (χ3n) is 3.36. The minimum Gasteiger partial charge on any atom is -0.341 e. The number of hydrogen-bond donors (Lipinski definition) is 1. The monoisotopic (exact) mass is 318 g/mol. The molecule has 1 aromatic carbocycles. The van der Waals surface area contributed by atoms with Crippen LogP contribution in [0.5, 0.6) is 0 Å². The number of benzene rings is 1. The summed E-state index contributed by atoms with van der Waals surface area (Å²) in [5.41, 5.74) is 2.10. The van der Waals surface area contributed by atoms with Crippen LogP contribution in [0.15, 0.2) is 30.5 Å². The van der Waals surface area contributed by atoms with Crippen molar-refractivity contribution in [2.75, 3.05) is 23.3 Å². The van der Waals surface area contributed by atoms with Gasteiger partial charge in [0.25, 0.3) is 0 Å². The van der Waals surface area contributed by atoms with Crippen LogP contribution in [0.3, 0.4) is 0 Å². The van der Waals surface area contributed by atoms with Gasteiger partial charge in [0.1, 0.15) is 5.82 Å². The van der Waals surface area contributed by atoms with Crippen LogP contribution in [-0.2, 0) is 0 Å². The van der Waals surface area contributed by atoms with E-state index in [4.69, 9.17) is 11.6 Å². The van der Waals surface area contributed by atoms with Gasteiger partial charge in [0.05, 0.1) is 0 Å². The number of anilines is 3. The molecule has 0 amide bonds. The van der Waals surface area contributed by atoms with Crippen molar-refractivity contribution in [1.29, 1.82) is 0 Å². The summed E-state index contributed by atoms with van der Waals surface area (Å²) in [5, 5.41) is 4.08. The predicted octanol–water partition coefficient (Wildman–Crippen LogP) is 4.81. The van der Waals surface area contributed by atoms with Gasteiger partial charge in [-0.25, -0.2) is 4.98 Å². The molecule has 0 saturated heterocycles. The summed E-state index contributed by atoms with van der Waals surface area (Å²) in [6.45, 7) is 8.30. The standard InChI is InChI=1S/C17H23ClN4/c1-4-10-22(11-5-2)17-19-9-8-16(21-17)20-15-7-6-14(18)12-13(15)3/h6-9,12H,4-5,10-11H2,1-3H3,(H,19,20,21). The number of halogens is 1. The van der Waals surface area contributed by atoms with Crippen LogP contribution in [0.2, 0.25) is 5.02 Å². The molecule has 5 heteroatoms. The first kappa shape index (κ1) is 16.6. The van der Waals surface area contributed by atoms with E-state index < -0.39 is 0 Å². The average Bonchev–Trinajstić information content (AvgIpc) is 2.50. The molecule has 1 heterocycles. The zero-order valence-electron chi connectivity index (χ0n) is 13.4. The van der Waals surface area contributed by atoms with Crippen molar-refractivity contribution in [2.45, 2.75) is 33.6 Å². The summed E-state index contributed by atoms with van der Waals surface area (Å²) < 4.78 is 0. The van der Waals surface area contributed by atoms with Gasteiger partial charge in [0, 0.05) is 30.0 Å². The molecular weight excluding hydrogens is 296 g/mol. The predicted molar refractivity (Wildman–Crippen MR) is 94.3 cm³/mol. The van der Waals surface area contributed by atoms with Gasteiger partial charge < -0.3 is 10.2 Å². The van der Waals surface area contributed by atoms with Crippen LogP contribution in [-0.4, -0.2) is 23.1 Å². The third kappa shape index (κ3) is 4.34. The largest absolute Gasteiger partial charge is 0.341 e. The average molecular weight is 319 g/mol. The lowest BCUT2D eigenvalue weighted by Crippen LogP contribution is -2.27. The Morgan fingerprint density at radius 1 is 1.14 bits per heavy atom. The molecule has 0 aliphatic rings. The number of nitrogens with one attached hydrogen (secondary N) is 1. The Morgan fingerprint density at radius 3 is 2.50 bits per heavy atom. The molecule has 0 saturated carbocycles. The normalized spacial score (nSPS) is 10.5. The fourth-order valence-electron chi connectivity index (χ4n) is 2.33. The van der Waals surface area contributed by atoms with Crippen molar-refractivity contribution in [2.24, 2.45) is 0 Å². The van der Waals surface area contributed by atoms with Crippen molar-refractivity contribution >= 4 is 29.1 Å². The van der Waals surface area contributed by atoms with Crippen LogP contribution in [0.4, 0.5) is 17.5 Å². The SMILES string of the molecule is CCCN(CCC)c1nccc(Nc2ccc(Cl)cc2C)n1. The van der Waals surface area contributed by atoms with Crippen LogP contribution in [0, 0.1) is 6.92 Å². The zero-order chi connectivity index (χ0) is 15.9. The highest BCUT2D eigenvalue weighted by molar-refractivity contribution is 6.30. The molecule has 22 heavy (non-hydrogen) atoms. The third-order valence-corrected chi connectivity index (χ3v) is 3.60. The molecule has 118 valence electrons. The van der Waals surface area contributed by atoms with Crippen LogP contribution >= 0.6 is 11.6 Å². The van der Waals surface area contributed by atoms with E-state index in [1.165, 1.54) is 0 Å². The van der Waals surface area contributed by atoms with E-state index in [2.05, 4.69) is 34.0 Å². The maximum atomic E-state index is 6.00. The number of aromatic nitrogens is 2. The lowest BCUT2D eigenvalue weighted by atomic mass is 10.2. The topological polar surface area (TPSA) is 41.1 Å². The van der Waals surface area contributed by atoms with E-state index in [-0.39, 0.29) is 0 Å². The Bertz CT molecular complexity index is 609. The molecule has 2 aromatic rings. The maximum Gasteiger partial charge on any atom is 0.227 e. The summed E-state index contributed by atoms with van der Waals surface area (Å²) in [7, 11) is 0. The van der Waals surface area contributed by atoms with Crippen molar-refractivity contribution < 1.29 is 0 Å². The van der Waals surface area contributed by atoms with E-state index in [0.717, 1.165) is 54.0 Å². The molecule has 0 fully saturated rings. The van der Waals surface area contributed by atoms with Crippen molar-refractivity contribution in [3.8, 4) is 0 Å². The second-order valence-corrected chi connectivity index (χ2v) is 5.75. The molecule has 2 rings (SSSR count). The molecule has 0 aliphatic carbocycles. The van der Waals surface area contributed by atoms with Gasteiger partial charge in [0.15, 0.2) is 0 Å². The van der Waals surface area contributed by atoms with E-state index in [0.29, 0.717) is 0 Å². The fourth-order valence-corrected chi connectivity index (χ4v) is 2.55. The van der Waals surface area contributed by atoms with Crippen LogP contribution < -0.4 is 10.2 Å². The Balaban J connectivity index is 2.20. The number of nitrogens with zero attached hydrogens (tertiary/aromatic N) is 3. The molecule has 0 spiro atoms. The molecule has 0 bridgehead atoms. The number of rotatable bonds is 7. The van der Waals surface area contributed by atoms with Gasteiger partial charge in [0.2, 0.25) is 5.95 Å². The smallest absolute Gasteiger partial charge is 0.227 e. The number of aryl methyl sites for hydroxylation is 1.